The van der Waals surface area contributed by atoms with Crippen molar-refractivity contribution in [3.63, 3.8) is 0 Å². The van der Waals surface area contributed by atoms with Crippen molar-refractivity contribution in [3.05, 3.63) is 101 Å². The molecule has 0 bridgehead atoms. The second kappa shape index (κ2) is 6.48. The number of hydrogen-bond acceptors (Lipinski definition) is 1. The maximum atomic E-state index is 13.2. The van der Waals surface area contributed by atoms with Gasteiger partial charge in [0.05, 0.1) is 6.04 Å². The maximum absolute atomic E-state index is 13.2. The normalized spacial score (nSPS) is 16.7. The van der Waals surface area contributed by atoms with Crippen LogP contribution >= 0.6 is 0 Å². The third-order valence-electron chi connectivity index (χ3n) is 4.84. The van der Waals surface area contributed by atoms with Crippen molar-refractivity contribution in [1.29, 1.82) is 0 Å². The Kier molecular flexibility index (Phi) is 4.04. The van der Waals surface area contributed by atoms with Gasteiger partial charge in [0.1, 0.15) is 5.82 Å². The molecule has 0 spiro atoms. The highest BCUT2D eigenvalue weighted by atomic mass is 19.1. The largest absolute Gasteiger partial charge is 0.364 e. The van der Waals surface area contributed by atoms with Gasteiger partial charge in [-0.2, -0.15) is 0 Å². The lowest BCUT2D eigenvalue weighted by Crippen LogP contribution is -2.36. The lowest BCUT2D eigenvalue weighted by molar-refractivity contribution is 0.578. The first-order valence-electron chi connectivity index (χ1n) is 8.45. The molecule has 3 aromatic carbocycles. The molecule has 24 heavy (non-hydrogen) atoms. The smallest absolute Gasteiger partial charge is 0.123 e. The molecule has 0 aromatic heterocycles. The van der Waals surface area contributed by atoms with E-state index in [1.807, 2.05) is 12.1 Å². The first-order valence-corrected chi connectivity index (χ1v) is 8.45. The molecule has 2 heteroatoms. The molecule has 1 nitrogen and oxygen atoms in total. The Morgan fingerprint density at radius 1 is 0.833 bits per heavy atom. The standard InChI is InChI=1S/C22H20FN/c23-19-12-10-17(11-13-19)16-22-21-9-5-4-6-18(21)14-15-24(22)20-7-2-1-3-8-20/h1-13,22H,14-16H2. The van der Waals surface area contributed by atoms with Crippen LogP contribution in [0.3, 0.4) is 0 Å². The van der Waals surface area contributed by atoms with Crippen LogP contribution in [0.25, 0.3) is 0 Å². The molecular weight excluding hydrogens is 297 g/mol. The van der Waals surface area contributed by atoms with Crippen LogP contribution in [-0.2, 0) is 12.8 Å². The molecule has 0 saturated carbocycles. The molecule has 1 unspecified atom stereocenters. The van der Waals surface area contributed by atoms with Crippen LogP contribution in [0.1, 0.15) is 22.7 Å². The predicted molar refractivity (Wildman–Crippen MR) is 96.8 cm³/mol. The van der Waals surface area contributed by atoms with Crippen LogP contribution in [0.4, 0.5) is 10.1 Å². The molecule has 120 valence electrons. The number of hydrogen-bond donors (Lipinski definition) is 0. The summed E-state index contributed by atoms with van der Waals surface area (Å²) in [6, 6.07) is 26.5. The molecule has 1 heterocycles. The van der Waals surface area contributed by atoms with E-state index in [-0.39, 0.29) is 11.9 Å². The second-order valence-corrected chi connectivity index (χ2v) is 6.32. The molecule has 1 aliphatic rings. The zero-order chi connectivity index (χ0) is 16.4. The van der Waals surface area contributed by atoms with Crippen LogP contribution in [0.2, 0.25) is 0 Å². The predicted octanol–water partition coefficient (Wildman–Crippen LogP) is 5.17. The highest BCUT2D eigenvalue weighted by Crippen LogP contribution is 2.35. The fourth-order valence-corrected chi connectivity index (χ4v) is 3.64. The van der Waals surface area contributed by atoms with Gasteiger partial charge in [-0.25, -0.2) is 4.39 Å². The van der Waals surface area contributed by atoms with Gasteiger partial charge in [-0.05, 0) is 53.8 Å². The van der Waals surface area contributed by atoms with E-state index in [4.69, 9.17) is 0 Å². The molecular formula is C22H20FN. The van der Waals surface area contributed by atoms with Gasteiger partial charge in [0.25, 0.3) is 0 Å². The lowest BCUT2D eigenvalue weighted by Gasteiger charge is -2.39. The Morgan fingerprint density at radius 2 is 1.54 bits per heavy atom. The molecule has 0 amide bonds. The van der Waals surface area contributed by atoms with Gasteiger partial charge in [0.2, 0.25) is 0 Å². The monoisotopic (exact) mass is 317 g/mol. The van der Waals surface area contributed by atoms with Crippen LogP contribution in [0.15, 0.2) is 78.9 Å². The summed E-state index contributed by atoms with van der Waals surface area (Å²) in [5, 5.41) is 0. The van der Waals surface area contributed by atoms with E-state index in [1.165, 1.54) is 22.4 Å². The van der Waals surface area contributed by atoms with Crippen LogP contribution < -0.4 is 4.90 Å². The summed E-state index contributed by atoms with van der Waals surface area (Å²) in [6.07, 6.45) is 1.94. The third-order valence-corrected chi connectivity index (χ3v) is 4.84. The minimum absolute atomic E-state index is 0.178. The quantitative estimate of drug-likeness (QED) is 0.644. The number of benzene rings is 3. The zero-order valence-electron chi connectivity index (χ0n) is 13.5. The summed E-state index contributed by atoms with van der Waals surface area (Å²) in [4.78, 5) is 2.48. The SMILES string of the molecule is Fc1ccc(CC2c3ccccc3CCN2c2ccccc2)cc1. The summed E-state index contributed by atoms with van der Waals surface area (Å²) in [5.41, 5.74) is 5.23. The average molecular weight is 317 g/mol. The molecule has 1 atom stereocenters. The molecule has 4 rings (SSSR count). The van der Waals surface area contributed by atoms with E-state index >= 15 is 0 Å². The minimum Gasteiger partial charge on any atom is -0.364 e. The number of nitrogens with zero attached hydrogens (tertiary/aromatic N) is 1. The van der Waals surface area contributed by atoms with Crippen molar-refractivity contribution in [2.24, 2.45) is 0 Å². The Hall–Kier alpha value is -2.61. The molecule has 3 aromatic rings. The molecule has 0 aliphatic carbocycles. The number of halogens is 1. The van der Waals surface area contributed by atoms with E-state index in [1.54, 1.807) is 12.1 Å². The van der Waals surface area contributed by atoms with E-state index in [0.29, 0.717) is 0 Å². The van der Waals surface area contributed by atoms with Crippen molar-refractivity contribution in [1.82, 2.24) is 0 Å². The van der Waals surface area contributed by atoms with Crippen molar-refractivity contribution in [2.75, 3.05) is 11.4 Å². The second-order valence-electron chi connectivity index (χ2n) is 6.32. The van der Waals surface area contributed by atoms with Crippen molar-refractivity contribution in [3.8, 4) is 0 Å². The van der Waals surface area contributed by atoms with Gasteiger partial charge in [0.15, 0.2) is 0 Å². The summed E-state index contributed by atoms with van der Waals surface area (Å²) < 4.78 is 13.2. The van der Waals surface area contributed by atoms with E-state index < -0.39 is 0 Å². The lowest BCUT2D eigenvalue weighted by atomic mass is 9.88. The topological polar surface area (TPSA) is 3.24 Å². The van der Waals surface area contributed by atoms with Gasteiger partial charge in [-0.3, -0.25) is 0 Å². The Labute approximate surface area is 142 Å². The molecule has 0 fully saturated rings. The van der Waals surface area contributed by atoms with Crippen LogP contribution in [0, 0.1) is 5.82 Å². The molecule has 0 radical (unpaired) electrons. The van der Waals surface area contributed by atoms with Crippen LogP contribution in [0.5, 0.6) is 0 Å². The number of anilines is 1. The zero-order valence-corrected chi connectivity index (χ0v) is 13.5. The van der Waals surface area contributed by atoms with Crippen LogP contribution in [-0.4, -0.2) is 6.54 Å². The summed E-state index contributed by atoms with van der Waals surface area (Å²) >= 11 is 0. The molecule has 1 aliphatic heterocycles. The van der Waals surface area contributed by atoms with Gasteiger partial charge >= 0.3 is 0 Å². The first-order chi connectivity index (χ1) is 11.8. The van der Waals surface area contributed by atoms with Crippen molar-refractivity contribution >= 4 is 5.69 Å². The highest BCUT2D eigenvalue weighted by Gasteiger charge is 2.27. The van der Waals surface area contributed by atoms with Gasteiger partial charge in [-0.15, -0.1) is 0 Å². The summed E-state index contributed by atoms with van der Waals surface area (Å²) in [7, 11) is 0. The number of fused-ring (bicyclic) bond motifs is 1. The van der Waals surface area contributed by atoms with Gasteiger partial charge in [-0.1, -0.05) is 54.6 Å². The average Bonchev–Trinajstić information content (AvgIpc) is 2.64. The summed E-state index contributed by atoms with van der Waals surface area (Å²) in [6.45, 7) is 1.01. The van der Waals surface area contributed by atoms with E-state index in [2.05, 4.69) is 59.5 Å². The maximum Gasteiger partial charge on any atom is 0.123 e. The van der Waals surface area contributed by atoms with Gasteiger partial charge in [0, 0.05) is 12.2 Å². The Balaban J connectivity index is 1.73. The third kappa shape index (κ3) is 2.92. The Morgan fingerprint density at radius 3 is 2.33 bits per heavy atom. The van der Waals surface area contributed by atoms with Crippen molar-refractivity contribution < 1.29 is 4.39 Å². The van der Waals surface area contributed by atoms with E-state index in [9.17, 15) is 4.39 Å². The summed E-state index contributed by atoms with van der Waals surface area (Å²) in [5.74, 6) is -0.178. The molecule has 0 saturated heterocycles. The fourth-order valence-electron chi connectivity index (χ4n) is 3.64. The molecule has 0 N–H and O–H groups in total. The fraction of sp³-hybridized carbons (Fsp3) is 0.182. The highest BCUT2D eigenvalue weighted by molar-refractivity contribution is 5.52. The van der Waals surface area contributed by atoms with E-state index in [0.717, 1.165) is 19.4 Å². The minimum atomic E-state index is -0.178. The number of rotatable bonds is 3. The number of para-hydroxylation sites is 1. The van der Waals surface area contributed by atoms with Crippen molar-refractivity contribution in [2.45, 2.75) is 18.9 Å². The first kappa shape index (κ1) is 14.9. The Bertz CT molecular complexity index is 811. The van der Waals surface area contributed by atoms with Gasteiger partial charge < -0.3 is 4.90 Å².